The Morgan fingerprint density at radius 2 is 1.82 bits per heavy atom. The van der Waals surface area contributed by atoms with E-state index in [-0.39, 0.29) is 0 Å². The number of aliphatic hydroxyl groups is 1. The molecule has 0 fully saturated rings. The van der Waals surface area contributed by atoms with Gasteiger partial charge in [0.15, 0.2) is 0 Å². The van der Waals surface area contributed by atoms with Crippen molar-refractivity contribution in [3.63, 3.8) is 0 Å². The monoisotopic (exact) mass is 267 g/mol. The third-order valence-corrected chi connectivity index (χ3v) is 3.12. The zero-order chi connectivity index (χ0) is 12.3. The van der Waals surface area contributed by atoms with Gasteiger partial charge in [-0.25, -0.2) is 0 Å². The van der Waals surface area contributed by atoms with Gasteiger partial charge in [-0.2, -0.15) is 0 Å². The van der Waals surface area contributed by atoms with Crippen LogP contribution >= 0.6 is 23.2 Å². The lowest BCUT2D eigenvalue weighted by molar-refractivity contribution is 0.178. The standard InChI is InChI=1S/C13H11Cl2NO/c14-11-1-2-12(15)10(7-11)8-13(17)9-3-5-16-6-4-9/h1-7,13,17H,8H2. The summed E-state index contributed by atoms with van der Waals surface area (Å²) in [5, 5.41) is 11.3. The number of benzene rings is 1. The fourth-order valence-electron chi connectivity index (χ4n) is 1.61. The van der Waals surface area contributed by atoms with Crippen LogP contribution in [0.25, 0.3) is 0 Å². The van der Waals surface area contributed by atoms with Crippen molar-refractivity contribution in [2.75, 3.05) is 0 Å². The largest absolute Gasteiger partial charge is 0.388 e. The Kier molecular flexibility index (Phi) is 4.00. The molecule has 2 rings (SSSR count). The Hall–Kier alpha value is -1.09. The first-order chi connectivity index (χ1) is 8.16. The van der Waals surface area contributed by atoms with Gasteiger partial charge in [0, 0.05) is 28.9 Å². The lowest BCUT2D eigenvalue weighted by Crippen LogP contribution is -2.02. The molecule has 1 unspecified atom stereocenters. The van der Waals surface area contributed by atoms with E-state index in [1.54, 1.807) is 42.7 Å². The van der Waals surface area contributed by atoms with E-state index < -0.39 is 6.10 Å². The number of aromatic nitrogens is 1. The Bertz CT molecular complexity index is 502. The van der Waals surface area contributed by atoms with E-state index in [2.05, 4.69) is 4.98 Å². The summed E-state index contributed by atoms with van der Waals surface area (Å²) < 4.78 is 0. The molecule has 0 aliphatic carbocycles. The van der Waals surface area contributed by atoms with Crippen molar-refractivity contribution in [1.29, 1.82) is 0 Å². The van der Waals surface area contributed by atoms with Crippen molar-refractivity contribution >= 4 is 23.2 Å². The fourth-order valence-corrected chi connectivity index (χ4v) is 2.00. The summed E-state index contributed by atoms with van der Waals surface area (Å²) in [4.78, 5) is 3.91. The van der Waals surface area contributed by atoms with Gasteiger partial charge in [0.1, 0.15) is 0 Å². The molecule has 0 saturated carbocycles. The van der Waals surface area contributed by atoms with E-state index in [1.807, 2.05) is 0 Å². The van der Waals surface area contributed by atoms with Crippen molar-refractivity contribution in [2.45, 2.75) is 12.5 Å². The van der Waals surface area contributed by atoms with E-state index in [0.717, 1.165) is 11.1 Å². The number of rotatable bonds is 3. The predicted octanol–water partition coefficient (Wildman–Crippen LogP) is 3.66. The number of hydrogen-bond donors (Lipinski definition) is 1. The molecular formula is C13H11Cl2NO. The molecule has 1 aromatic carbocycles. The lowest BCUT2D eigenvalue weighted by atomic mass is 10.0. The molecule has 0 radical (unpaired) electrons. The molecule has 1 N–H and O–H groups in total. The summed E-state index contributed by atoms with van der Waals surface area (Å²) in [7, 11) is 0. The van der Waals surface area contributed by atoms with Crippen molar-refractivity contribution < 1.29 is 5.11 Å². The molecule has 88 valence electrons. The predicted molar refractivity (Wildman–Crippen MR) is 69.4 cm³/mol. The summed E-state index contributed by atoms with van der Waals surface area (Å²) in [5.74, 6) is 0. The van der Waals surface area contributed by atoms with Crippen molar-refractivity contribution in [3.8, 4) is 0 Å². The van der Waals surface area contributed by atoms with Crippen LogP contribution in [0.1, 0.15) is 17.2 Å². The summed E-state index contributed by atoms with van der Waals surface area (Å²) in [5.41, 5.74) is 1.65. The van der Waals surface area contributed by atoms with Crippen LogP contribution in [0, 0.1) is 0 Å². The summed E-state index contributed by atoms with van der Waals surface area (Å²) in [6.45, 7) is 0. The van der Waals surface area contributed by atoms with Crippen LogP contribution in [0.2, 0.25) is 10.0 Å². The highest BCUT2D eigenvalue weighted by molar-refractivity contribution is 6.33. The number of hydrogen-bond acceptors (Lipinski definition) is 2. The van der Waals surface area contributed by atoms with Gasteiger partial charge in [-0.1, -0.05) is 23.2 Å². The number of halogens is 2. The Morgan fingerprint density at radius 3 is 2.53 bits per heavy atom. The SMILES string of the molecule is OC(Cc1cc(Cl)ccc1Cl)c1ccncc1. The second kappa shape index (κ2) is 5.50. The molecular weight excluding hydrogens is 257 g/mol. The molecule has 17 heavy (non-hydrogen) atoms. The van der Waals surface area contributed by atoms with Crippen LogP contribution in [0.15, 0.2) is 42.7 Å². The molecule has 0 amide bonds. The Balaban J connectivity index is 2.18. The topological polar surface area (TPSA) is 33.1 Å². The number of aliphatic hydroxyl groups excluding tert-OH is 1. The Labute approximate surface area is 110 Å². The van der Waals surface area contributed by atoms with Crippen molar-refractivity contribution in [2.24, 2.45) is 0 Å². The first kappa shape index (κ1) is 12.4. The minimum atomic E-state index is -0.603. The average molecular weight is 268 g/mol. The summed E-state index contributed by atoms with van der Waals surface area (Å²) in [6.07, 6.45) is 3.13. The van der Waals surface area contributed by atoms with Crippen LogP contribution in [0.5, 0.6) is 0 Å². The van der Waals surface area contributed by atoms with E-state index >= 15 is 0 Å². The van der Waals surface area contributed by atoms with Crippen LogP contribution in [0.3, 0.4) is 0 Å². The van der Waals surface area contributed by atoms with Crippen LogP contribution in [-0.2, 0) is 6.42 Å². The third kappa shape index (κ3) is 3.19. The molecule has 2 nitrogen and oxygen atoms in total. The average Bonchev–Trinajstić information content (AvgIpc) is 2.35. The van der Waals surface area contributed by atoms with Gasteiger partial charge >= 0.3 is 0 Å². The minimum absolute atomic E-state index is 0.434. The van der Waals surface area contributed by atoms with Crippen molar-refractivity contribution in [1.82, 2.24) is 4.98 Å². The molecule has 0 bridgehead atoms. The molecule has 0 aliphatic rings. The molecule has 0 saturated heterocycles. The molecule has 2 aromatic rings. The summed E-state index contributed by atoms with van der Waals surface area (Å²) >= 11 is 11.9. The third-order valence-electron chi connectivity index (χ3n) is 2.51. The number of nitrogens with zero attached hydrogens (tertiary/aromatic N) is 1. The van der Waals surface area contributed by atoms with Gasteiger partial charge < -0.3 is 5.11 Å². The molecule has 0 spiro atoms. The minimum Gasteiger partial charge on any atom is -0.388 e. The maximum Gasteiger partial charge on any atom is 0.0832 e. The van der Waals surface area contributed by atoms with Gasteiger partial charge in [-0.05, 0) is 41.5 Å². The van der Waals surface area contributed by atoms with Gasteiger partial charge in [0.05, 0.1) is 6.10 Å². The fraction of sp³-hybridized carbons (Fsp3) is 0.154. The second-order valence-electron chi connectivity index (χ2n) is 3.74. The Morgan fingerprint density at radius 1 is 1.12 bits per heavy atom. The maximum atomic E-state index is 10.1. The molecule has 1 heterocycles. The van der Waals surface area contributed by atoms with Crippen LogP contribution in [-0.4, -0.2) is 10.1 Å². The van der Waals surface area contributed by atoms with Gasteiger partial charge in [0.2, 0.25) is 0 Å². The smallest absolute Gasteiger partial charge is 0.0832 e. The highest BCUT2D eigenvalue weighted by Gasteiger charge is 2.11. The van der Waals surface area contributed by atoms with Crippen molar-refractivity contribution in [3.05, 3.63) is 63.9 Å². The molecule has 0 aliphatic heterocycles. The first-order valence-corrected chi connectivity index (χ1v) is 5.94. The second-order valence-corrected chi connectivity index (χ2v) is 4.58. The van der Waals surface area contributed by atoms with E-state index in [1.165, 1.54) is 0 Å². The lowest BCUT2D eigenvalue weighted by Gasteiger charge is -2.12. The normalized spacial score (nSPS) is 12.4. The molecule has 4 heteroatoms. The highest BCUT2D eigenvalue weighted by atomic mass is 35.5. The van der Waals surface area contributed by atoms with E-state index in [0.29, 0.717) is 16.5 Å². The van der Waals surface area contributed by atoms with Crippen LogP contribution in [0.4, 0.5) is 0 Å². The van der Waals surface area contributed by atoms with E-state index in [4.69, 9.17) is 23.2 Å². The molecule has 1 atom stereocenters. The highest BCUT2D eigenvalue weighted by Crippen LogP contribution is 2.25. The zero-order valence-corrected chi connectivity index (χ0v) is 10.5. The van der Waals surface area contributed by atoms with Gasteiger partial charge in [-0.3, -0.25) is 4.98 Å². The number of pyridine rings is 1. The zero-order valence-electron chi connectivity index (χ0n) is 8.98. The van der Waals surface area contributed by atoms with Gasteiger partial charge in [-0.15, -0.1) is 0 Å². The van der Waals surface area contributed by atoms with E-state index in [9.17, 15) is 5.11 Å². The maximum absolute atomic E-state index is 10.1. The summed E-state index contributed by atoms with van der Waals surface area (Å²) in [6, 6.07) is 8.80. The van der Waals surface area contributed by atoms with Gasteiger partial charge in [0.25, 0.3) is 0 Å². The molecule has 1 aromatic heterocycles. The first-order valence-electron chi connectivity index (χ1n) is 5.19. The quantitative estimate of drug-likeness (QED) is 0.921. The van der Waals surface area contributed by atoms with Crippen LogP contribution < -0.4 is 0 Å².